The molecule has 0 saturated heterocycles. The fourth-order valence-corrected chi connectivity index (χ4v) is 2.80. The first kappa shape index (κ1) is 13.4. The molecule has 1 aliphatic heterocycles. The molecular formula is C17H16N2O2. The van der Waals surface area contributed by atoms with Crippen LogP contribution in [0.4, 0.5) is 5.69 Å². The van der Waals surface area contributed by atoms with Crippen LogP contribution < -0.4 is 5.32 Å². The Morgan fingerprint density at radius 3 is 2.52 bits per heavy atom. The number of rotatable bonds is 3. The average Bonchev–Trinajstić information content (AvgIpc) is 2.56. The van der Waals surface area contributed by atoms with E-state index in [-0.39, 0.29) is 22.6 Å². The summed E-state index contributed by atoms with van der Waals surface area (Å²) in [5.41, 5.74) is 2.16. The van der Waals surface area contributed by atoms with Crippen molar-refractivity contribution in [3.05, 3.63) is 88.1 Å². The van der Waals surface area contributed by atoms with Gasteiger partial charge in [0.2, 0.25) is 0 Å². The second kappa shape index (κ2) is 5.79. The van der Waals surface area contributed by atoms with Gasteiger partial charge in [0.25, 0.3) is 5.69 Å². The molecule has 0 amide bonds. The Balaban J connectivity index is 1.89. The van der Waals surface area contributed by atoms with Gasteiger partial charge in [-0.3, -0.25) is 10.1 Å². The molecule has 21 heavy (non-hydrogen) atoms. The summed E-state index contributed by atoms with van der Waals surface area (Å²) in [6, 6.07) is 17.1. The van der Waals surface area contributed by atoms with Crippen LogP contribution in [0.5, 0.6) is 0 Å². The van der Waals surface area contributed by atoms with Gasteiger partial charge < -0.3 is 5.32 Å². The quantitative estimate of drug-likeness (QED) is 0.684. The van der Waals surface area contributed by atoms with Gasteiger partial charge in [-0.05, 0) is 18.2 Å². The first-order valence-electron chi connectivity index (χ1n) is 6.96. The van der Waals surface area contributed by atoms with Gasteiger partial charge >= 0.3 is 0 Å². The summed E-state index contributed by atoms with van der Waals surface area (Å²) in [5.74, 6) is 0.275. The Morgan fingerprint density at radius 2 is 1.76 bits per heavy atom. The summed E-state index contributed by atoms with van der Waals surface area (Å²) in [6.45, 7) is 0. The van der Waals surface area contributed by atoms with Crippen LogP contribution in [0, 0.1) is 10.1 Å². The largest absolute Gasteiger partial charge is 0.384 e. The van der Waals surface area contributed by atoms with Crippen LogP contribution in [-0.4, -0.2) is 4.92 Å². The molecule has 1 heterocycles. The van der Waals surface area contributed by atoms with Gasteiger partial charge in [-0.15, -0.1) is 0 Å². The van der Waals surface area contributed by atoms with Crippen LogP contribution in [0.2, 0.25) is 0 Å². The van der Waals surface area contributed by atoms with Crippen LogP contribution in [0.15, 0.2) is 66.9 Å². The summed E-state index contributed by atoms with van der Waals surface area (Å²) in [5, 5.41) is 14.4. The van der Waals surface area contributed by atoms with E-state index in [4.69, 9.17) is 0 Å². The summed E-state index contributed by atoms with van der Waals surface area (Å²) in [4.78, 5) is 10.9. The van der Waals surface area contributed by atoms with Crippen molar-refractivity contribution in [1.29, 1.82) is 0 Å². The van der Waals surface area contributed by atoms with Crippen LogP contribution in [0.25, 0.3) is 0 Å². The molecule has 106 valence electrons. The third-order valence-electron chi connectivity index (χ3n) is 3.85. The zero-order valence-electron chi connectivity index (χ0n) is 11.5. The minimum atomic E-state index is -0.313. The minimum absolute atomic E-state index is 0.0400. The van der Waals surface area contributed by atoms with Crippen molar-refractivity contribution in [1.82, 2.24) is 5.32 Å². The van der Waals surface area contributed by atoms with Gasteiger partial charge in [-0.25, -0.2) is 0 Å². The Kier molecular flexibility index (Phi) is 3.69. The highest BCUT2D eigenvalue weighted by atomic mass is 16.6. The fourth-order valence-electron chi connectivity index (χ4n) is 2.80. The molecule has 0 aromatic heterocycles. The number of nitrogens with one attached hydrogen (secondary N) is 1. The number of hydrogen-bond acceptors (Lipinski definition) is 3. The second-order valence-electron chi connectivity index (χ2n) is 5.15. The highest BCUT2D eigenvalue weighted by Crippen LogP contribution is 2.35. The van der Waals surface area contributed by atoms with E-state index in [0.29, 0.717) is 0 Å². The summed E-state index contributed by atoms with van der Waals surface area (Å²) in [6.07, 6.45) is 4.83. The Hall–Kier alpha value is -2.62. The molecule has 2 unspecified atom stereocenters. The molecular weight excluding hydrogens is 264 g/mol. The molecule has 0 spiro atoms. The standard InChI is InChI=1S/C17H16N2O2/c20-19(21)17-9-5-4-8-15(17)16-12-14(10-11-18-16)13-6-2-1-3-7-13/h1-11,14,16,18H,12H2. The number of nitro benzene ring substituents is 1. The van der Waals surface area contributed by atoms with E-state index < -0.39 is 0 Å². The van der Waals surface area contributed by atoms with E-state index in [1.807, 2.05) is 36.5 Å². The molecule has 0 fully saturated rings. The van der Waals surface area contributed by atoms with Crippen LogP contribution in [0.3, 0.4) is 0 Å². The van der Waals surface area contributed by atoms with E-state index >= 15 is 0 Å². The first-order valence-corrected chi connectivity index (χ1v) is 6.96. The molecule has 0 aliphatic carbocycles. The van der Waals surface area contributed by atoms with Crippen molar-refractivity contribution >= 4 is 5.69 Å². The predicted octanol–water partition coefficient (Wildman–Crippen LogP) is 3.93. The second-order valence-corrected chi connectivity index (χ2v) is 5.15. The van der Waals surface area contributed by atoms with E-state index in [9.17, 15) is 10.1 Å². The molecule has 0 saturated carbocycles. The number of hydrogen-bond donors (Lipinski definition) is 1. The molecule has 2 aromatic carbocycles. The number of para-hydroxylation sites is 1. The lowest BCUT2D eigenvalue weighted by Gasteiger charge is -2.26. The zero-order chi connectivity index (χ0) is 14.7. The maximum atomic E-state index is 11.2. The predicted molar refractivity (Wildman–Crippen MR) is 81.9 cm³/mol. The van der Waals surface area contributed by atoms with E-state index in [1.165, 1.54) is 5.56 Å². The Bertz CT molecular complexity index is 668. The van der Waals surface area contributed by atoms with Gasteiger partial charge in [0.05, 0.1) is 16.5 Å². The molecule has 4 nitrogen and oxygen atoms in total. The van der Waals surface area contributed by atoms with Gasteiger partial charge in [0.15, 0.2) is 0 Å². The SMILES string of the molecule is O=[N+]([O-])c1ccccc1C1CC(c2ccccc2)C=CN1. The van der Waals surface area contributed by atoms with Crippen LogP contribution in [-0.2, 0) is 0 Å². The lowest BCUT2D eigenvalue weighted by Crippen LogP contribution is -2.23. The Labute approximate surface area is 123 Å². The third kappa shape index (κ3) is 2.79. The maximum Gasteiger partial charge on any atom is 0.274 e. The van der Waals surface area contributed by atoms with E-state index in [1.54, 1.807) is 12.1 Å². The van der Waals surface area contributed by atoms with Gasteiger partial charge in [-0.1, -0.05) is 54.6 Å². The molecule has 3 rings (SSSR count). The molecule has 0 bridgehead atoms. The molecule has 2 aromatic rings. The van der Waals surface area contributed by atoms with Crippen molar-refractivity contribution in [3.63, 3.8) is 0 Å². The van der Waals surface area contributed by atoms with Crippen molar-refractivity contribution in [2.75, 3.05) is 0 Å². The highest BCUT2D eigenvalue weighted by Gasteiger charge is 2.25. The number of nitro groups is 1. The number of allylic oxidation sites excluding steroid dienone is 1. The molecule has 4 heteroatoms. The summed E-state index contributed by atoms with van der Waals surface area (Å²) in [7, 11) is 0. The van der Waals surface area contributed by atoms with Crippen molar-refractivity contribution < 1.29 is 4.92 Å². The van der Waals surface area contributed by atoms with E-state index in [0.717, 1.165) is 12.0 Å². The zero-order valence-corrected chi connectivity index (χ0v) is 11.5. The smallest absolute Gasteiger partial charge is 0.274 e. The monoisotopic (exact) mass is 280 g/mol. The maximum absolute atomic E-state index is 11.2. The topological polar surface area (TPSA) is 55.2 Å². The van der Waals surface area contributed by atoms with Gasteiger partial charge in [0, 0.05) is 12.0 Å². The van der Waals surface area contributed by atoms with Crippen molar-refractivity contribution in [2.24, 2.45) is 0 Å². The number of nitrogens with zero attached hydrogens (tertiary/aromatic N) is 1. The minimum Gasteiger partial charge on any atom is -0.384 e. The molecule has 1 aliphatic rings. The highest BCUT2D eigenvalue weighted by molar-refractivity contribution is 5.43. The normalized spacial score (nSPS) is 20.8. The summed E-state index contributed by atoms with van der Waals surface area (Å²) >= 11 is 0. The van der Waals surface area contributed by atoms with E-state index in [2.05, 4.69) is 23.5 Å². The summed E-state index contributed by atoms with van der Waals surface area (Å²) < 4.78 is 0. The molecule has 2 atom stereocenters. The van der Waals surface area contributed by atoms with Crippen molar-refractivity contribution in [2.45, 2.75) is 18.4 Å². The Morgan fingerprint density at radius 1 is 1.05 bits per heavy atom. The average molecular weight is 280 g/mol. The van der Waals surface area contributed by atoms with Crippen LogP contribution >= 0.6 is 0 Å². The van der Waals surface area contributed by atoms with Crippen LogP contribution in [0.1, 0.15) is 29.5 Å². The molecule has 1 N–H and O–H groups in total. The van der Waals surface area contributed by atoms with Gasteiger partial charge in [-0.2, -0.15) is 0 Å². The fraction of sp³-hybridized carbons (Fsp3) is 0.176. The van der Waals surface area contributed by atoms with Gasteiger partial charge in [0.1, 0.15) is 0 Å². The lowest BCUT2D eigenvalue weighted by molar-refractivity contribution is -0.385. The molecule has 0 radical (unpaired) electrons. The first-order chi connectivity index (χ1) is 10.3. The van der Waals surface area contributed by atoms with Crippen molar-refractivity contribution in [3.8, 4) is 0 Å². The number of benzene rings is 2. The third-order valence-corrected chi connectivity index (χ3v) is 3.85. The lowest BCUT2D eigenvalue weighted by atomic mass is 9.87.